The average molecular weight is 285 g/mol. The Morgan fingerprint density at radius 1 is 1.00 bits per heavy atom. The van der Waals surface area contributed by atoms with Gasteiger partial charge in [0.15, 0.2) is 0 Å². The van der Waals surface area contributed by atoms with E-state index in [9.17, 15) is 0 Å². The second kappa shape index (κ2) is 5.86. The third-order valence-electron chi connectivity index (χ3n) is 5.68. The van der Waals surface area contributed by atoms with E-state index in [0.717, 1.165) is 11.5 Å². The van der Waals surface area contributed by atoms with E-state index >= 15 is 0 Å². The summed E-state index contributed by atoms with van der Waals surface area (Å²) in [6.45, 7) is 7.22. The van der Waals surface area contributed by atoms with Gasteiger partial charge in [0.25, 0.3) is 0 Å². The summed E-state index contributed by atoms with van der Waals surface area (Å²) in [6.07, 6.45) is 9.34. The minimum Gasteiger partial charge on any atom is -0.397 e. The first kappa shape index (κ1) is 15.5. The quantitative estimate of drug-likeness (QED) is 0.685. The van der Waals surface area contributed by atoms with Crippen molar-refractivity contribution < 1.29 is 8.85 Å². The predicted molar refractivity (Wildman–Crippen MR) is 82.5 cm³/mol. The lowest BCUT2D eigenvalue weighted by molar-refractivity contribution is 0.167. The lowest BCUT2D eigenvalue weighted by Crippen LogP contribution is -2.51. The van der Waals surface area contributed by atoms with Crippen molar-refractivity contribution in [3.8, 4) is 0 Å². The summed E-state index contributed by atoms with van der Waals surface area (Å²) < 4.78 is 12.3. The molecule has 3 heteroatoms. The molecule has 2 rings (SSSR count). The second-order valence-corrected chi connectivity index (χ2v) is 11.6. The van der Waals surface area contributed by atoms with Crippen LogP contribution in [0.25, 0.3) is 0 Å². The maximum atomic E-state index is 6.17. The van der Waals surface area contributed by atoms with Crippen molar-refractivity contribution in [2.24, 2.45) is 11.3 Å². The van der Waals surface area contributed by atoms with E-state index < -0.39 is 8.56 Å². The van der Waals surface area contributed by atoms with Gasteiger partial charge in [-0.05, 0) is 43.4 Å². The lowest BCUT2D eigenvalue weighted by Gasteiger charge is -2.45. The zero-order chi connectivity index (χ0) is 14.1. The third kappa shape index (κ3) is 3.08. The lowest BCUT2D eigenvalue weighted by atomic mass is 9.77. The van der Waals surface area contributed by atoms with Crippen LogP contribution in [0, 0.1) is 11.3 Å². The van der Waals surface area contributed by atoms with Crippen molar-refractivity contribution in [2.45, 2.75) is 76.8 Å². The molecule has 0 heterocycles. The summed E-state index contributed by atoms with van der Waals surface area (Å²) in [5, 5.41) is 0. The maximum absolute atomic E-state index is 6.17. The number of hydrogen-bond donors (Lipinski definition) is 0. The van der Waals surface area contributed by atoms with Gasteiger partial charge in [0.2, 0.25) is 0 Å². The van der Waals surface area contributed by atoms with E-state index in [-0.39, 0.29) is 0 Å². The summed E-state index contributed by atoms with van der Waals surface area (Å²) in [5.41, 5.74) is 1.89. The normalized spacial score (nSPS) is 35.5. The molecule has 2 saturated carbocycles. The average Bonchev–Trinajstić information content (AvgIpc) is 2.78. The van der Waals surface area contributed by atoms with Gasteiger partial charge in [-0.2, -0.15) is 0 Å². The summed E-state index contributed by atoms with van der Waals surface area (Å²) in [5.74, 6) is 0.860. The van der Waals surface area contributed by atoms with Gasteiger partial charge in [0.1, 0.15) is 0 Å². The standard InChI is InChI=1S/C16H32O2Si/c1-13-8-9-14(11-13)19(17-4,18-5)15-7-6-10-16(2,3)12-15/h13-15H,6-12H2,1-5H3. The highest BCUT2D eigenvalue weighted by Gasteiger charge is 2.54. The van der Waals surface area contributed by atoms with Crippen LogP contribution in [0.15, 0.2) is 0 Å². The van der Waals surface area contributed by atoms with Gasteiger partial charge in [-0.15, -0.1) is 0 Å². The first-order valence-electron chi connectivity index (χ1n) is 8.04. The van der Waals surface area contributed by atoms with Crippen LogP contribution in [0.1, 0.15) is 65.7 Å². The molecular weight excluding hydrogens is 252 g/mol. The summed E-state index contributed by atoms with van der Waals surface area (Å²) in [6, 6.07) is 0. The van der Waals surface area contributed by atoms with Crippen LogP contribution >= 0.6 is 0 Å². The van der Waals surface area contributed by atoms with Gasteiger partial charge in [-0.1, -0.05) is 33.6 Å². The SMILES string of the molecule is CO[Si](OC)(C1CCC(C)C1)C1CCCC(C)(C)C1. The Balaban J connectivity index is 2.18. The van der Waals surface area contributed by atoms with Gasteiger partial charge in [0.05, 0.1) is 0 Å². The van der Waals surface area contributed by atoms with E-state index in [2.05, 4.69) is 20.8 Å². The van der Waals surface area contributed by atoms with E-state index in [0.29, 0.717) is 11.0 Å². The van der Waals surface area contributed by atoms with Crippen LogP contribution in [0.4, 0.5) is 0 Å². The van der Waals surface area contributed by atoms with Crippen LogP contribution in [0.2, 0.25) is 11.1 Å². The van der Waals surface area contributed by atoms with Crippen LogP contribution in [-0.4, -0.2) is 22.8 Å². The van der Waals surface area contributed by atoms with Crippen LogP contribution in [0.5, 0.6) is 0 Å². The minimum absolute atomic E-state index is 0.475. The zero-order valence-corrected chi connectivity index (χ0v) is 14.5. The van der Waals surface area contributed by atoms with E-state index in [4.69, 9.17) is 8.85 Å². The van der Waals surface area contributed by atoms with Crippen molar-refractivity contribution in [2.75, 3.05) is 14.2 Å². The highest BCUT2D eigenvalue weighted by molar-refractivity contribution is 6.70. The van der Waals surface area contributed by atoms with Gasteiger partial charge >= 0.3 is 8.56 Å². The molecule has 2 fully saturated rings. The largest absolute Gasteiger partial charge is 0.397 e. The molecule has 3 unspecified atom stereocenters. The molecule has 0 spiro atoms. The Morgan fingerprint density at radius 3 is 2.16 bits per heavy atom. The smallest absolute Gasteiger partial charge is 0.344 e. The van der Waals surface area contributed by atoms with E-state index in [1.54, 1.807) is 0 Å². The van der Waals surface area contributed by atoms with Crippen molar-refractivity contribution in [1.29, 1.82) is 0 Å². The van der Waals surface area contributed by atoms with Crippen molar-refractivity contribution in [1.82, 2.24) is 0 Å². The van der Waals surface area contributed by atoms with E-state index in [1.165, 1.54) is 44.9 Å². The van der Waals surface area contributed by atoms with Gasteiger partial charge in [-0.25, -0.2) is 0 Å². The predicted octanol–water partition coefficient (Wildman–Crippen LogP) is 4.88. The summed E-state index contributed by atoms with van der Waals surface area (Å²) in [7, 11) is 1.79. The highest BCUT2D eigenvalue weighted by atomic mass is 28.4. The van der Waals surface area contributed by atoms with E-state index in [1.807, 2.05) is 14.2 Å². The molecule has 19 heavy (non-hydrogen) atoms. The molecule has 0 aromatic heterocycles. The Kier molecular flexibility index (Phi) is 4.79. The molecular formula is C16H32O2Si. The van der Waals surface area contributed by atoms with Crippen molar-refractivity contribution in [3.05, 3.63) is 0 Å². The molecule has 2 aliphatic carbocycles. The highest BCUT2D eigenvalue weighted by Crippen LogP contribution is 2.54. The molecule has 0 aromatic rings. The molecule has 0 radical (unpaired) electrons. The first-order chi connectivity index (χ1) is 8.93. The Morgan fingerprint density at radius 2 is 1.68 bits per heavy atom. The molecule has 0 N–H and O–H groups in total. The molecule has 0 amide bonds. The minimum atomic E-state index is -2.04. The summed E-state index contributed by atoms with van der Waals surface area (Å²) in [4.78, 5) is 0. The number of hydrogen-bond acceptors (Lipinski definition) is 2. The van der Waals surface area contributed by atoms with Crippen molar-refractivity contribution in [3.63, 3.8) is 0 Å². The zero-order valence-electron chi connectivity index (χ0n) is 13.5. The molecule has 0 saturated heterocycles. The maximum Gasteiger partial charge on any atom is 0.344 e. The van der Waals surface area contributed by atoms with Crippen molar-refractivity contribution >= 4 is 8.56 Å². The van der Waals surface area contributed by atoms with Gasteiger partial charge in [0, 0.05) is 25.3 Å². The fraction of sp³-hybridized carbons (Fsp3) is 1.00. The topological polar surface area (TPSA) is 18.5 Å². The molecule has 3 atom stereocenters. The van der Waals surface area contributed by atoms with Gasteiger partial charge in [-0.3, -0.25) is 0 Å². The Bertz CT molecular complexity index is 299. The van der Waals surface area contributed by atoms with Crippen LogP contribution in [-0.2, 0) is 8.85 Å². The molecule has 0 aliphatic heterocycles. The Labute approximate surface area is 120 Å². The first-order valence-corrected chi connectivity index (χ1v) is 10.0. The monoisotopic (exact) mass is 284 g/mol. The fourth-order valence-electron chi connectivity index (χ4n) is 4.70. The van der Waals surface area contributed by atoms with Crippen LogP contribution in [0.3, 0.4) is 0 Å². The number of rotatable bonds is 4. The second-order valence-electron chi connectivity index (χ2n) is 7.70. The Hall–Kier alpha value is 0.137. The fourth-order valence-corrected chi connectivity index (χ4v) is 9.61. The molecule has 2 nitrogen and oxygen atoms in total. The van der Waals surface area contributed by atoms with Crippen LogP contribution < -0.4 is 0 Å². The third-order valence-corrected chi connectivity index (χ3v) is 10.2. The molecule has 0 bridgehead atoms. The summed E-state index contributed by atoms with van der Waals surface area (Å²) >= 11 is 0. The molecule has 2 aliphatic rings. The van der Waals surface area contributed by atoms with Gasteiger partial charge < -0.3 is 8.85 Å². The molecule has 0 aromatic carbocycles. The molecule has 112 valence electrons.